The summed E-state index contributed by atoms with van der Waals surface area (Å²) in [5.41, 5.74) is 2.93. The first kappa shape index (κ1) is 15.6. The SMILES string of the molecule is Fc1ccccc1-c1nnn2c1COC1CN(Cc3ccccn3)CC12. The fraction of sp³-hybridized carbons (Fsp3) is 0.316. The van der Waals surface area contributed by atoms with Crippen molar-refractivity contribution in [3.63, 3.8) is 0 Å². The highest BCUT2D eigenvalue weighted by Crippen LogP contribution is 2.35. The van der Waals surface area contributed by atoms with Crippen molar-refractivity contribution in [3.8, 4) is 11.3 Å². The Morgan fingerprint density at radius 1 is 1.12 bits per heavy atom. The van der Waals surface area contributed by atoms with Crippen LogP contribution in [0.3, 0.4) is 0 Å². The van der Waals surface area contributed by atoms with Gasteiger partial charge in [-0.3, -0.25) is 9.88 Å². The first-order chi connectivity index (χ1) is 12.8. The molecule has 2 aliphatic rings. The maximum Gasteiger partial charge on any atom is 0.132 e. The first-order valence-corrected chi connectivity index (χ1v) is 8.72. The Hall–Kier alpha value is -2.64. The Bertz CT molecular complexity index is 929. The molecule has 2 aromatic heterocycles. The molecule has 0 amide bonds. The Morgan fingerprint density at radius 2 is 2.00 bits per heavy atom. The van der Waals surface area contributed by atoms with E-state index in [4.69, 9.17) is 4.74 Å². The molecule has 4 heterocycles. The minimum Gasteiger partial charge on any atom is -0.368 e. The molecule has 2 unspecified atom stereocenters. The molecular formula is C19H18FN5O. The van der Waals surface area contributed by atoms with Crippen LogP contribution < -0.4 is 0 Å². The smallest absolute Gasteiger partial charge is 0.132 e. The Morgan fingerprint density at radius 3 is 2.85 bits per heavy atom. The summed E-state index contributed by atoms with van der Waals surface area (Å²) in [5, 5.41) is 8.60. The molecule has 1 aromatic carbocycles. The molecule has 1 fully saturated rings. The highest BCUT2D eigenvalue weighted by molar-refractivity contribution is 5.62. The number of benzene rings is 1. The van der Waals surface area contributed by atoms with Gasteiger partial charge in [-0.1, -0.05) is 23.4 Å². The van der Waals surface area contributed by atoms with Crippen molar-refractivity contribution in [1.29, 1.82) is 0 Å². The number of hydrogen-bond acceptors (Lipinski definition) is 5. The lowest BCUT2D eigenvalue weighted by Gasteiger charge is -2.26. The number of pyridine rings is 1. The monoisotopic (exact) mass is 351 g/mol. The first-order valence-electron chi connectivity index (χ1n) is 8.72. The van der Waals surface area contributed by atoms with Gasteiger partial charge in [-0.2, -0.15) is 0 Å². The average molecular weight is 351 g/mol. The van der Waals surface area contributed by atoms with Crippen LogP contribution in [0.15, 0.2) is 48.7 Å². The van der Waals surface area contributed by atoms with Crippen LogP contribution in [0.4, 0.5) is 4.39 Å². The molecule has 5 rings (SSSR count). The normalized spacial score (nSPS) is 22.2. The van der Waals surface area contributed by atoms with Gasteiger partial charge < -0.3 is 4.74 Å². The minimum absolute atomic E-state index is 0.0707. The fourth-order valence-electron chi connectivity index (χ4n) is 3.84. The molecule has 2 atom stereocenters. The molecule has 0 radical (unpaired) electrons. The lowest BCUT2D eigenvalue weighted by atomic mass is 10.1. The zero-order valence-electron chi connectivity index (χ0n) is 14.1. The molecule has 1 saturated heterocycles. The molecule has 0 aliphatic carbocycles. The number of hydrogen-bond donors (Lipinski definition) is 0. The zero-order chi connectivity index (χ0) is 17.5. The standard InChI is InChI=1S/C19H18FN5O/c20-15-7-2-1-6-14(15)19-17-12-26-18-11-24(9-13-5-3-4-8-21-13)10-16(18)25(17)23-22-19/h1-8,16,18H,9-12H2. The van der Waals surface area contributed by atoms with Gasteiger partial charge in [0.2, 0.25) is 0 Å². The number of ether oxygens (including phenoxy) is 1. The third kappa shape index (κ3) is 2.60. The van der Waals surface area contributed by atoms with Gasteiger partial charge in [-0.15, -0.1) is 5.10 Å². The van der Waals surface area contributed by atoms with Gasteiger partial charge in [0.15, 0.2) is 0 Å². The van der Waals surface area contributed by atoms with Gasteiger partial charge in [0.1, 0.15) is 11.5 Å². The Balaban J connectivity index is 1.41. The van der Waals surface area contributed by atoms with Crippen LogP contribution in [0.5, 0.6) is 0 Å². The molecule has 0 N–H and O–H groups in total. The second-order valence-corrected chi connectivity index (χ2v) is 6.74. The van der Waals surface area contributed by atoms with E-state index in [9.17, 15) is 4.39 Å². The topological polar surface area (TPSA) is 56.1 Å². The minimum atomic E-state index is -0.291. The summed E-state index contributed by atoms with van der Waals surface area (Å²) in [6, 6.07) is 12.7. The van der Waals surface area contributed by atoms with Gasteiger partial charge in [0.05, 0.1) is 30.1 Å². The van der Waals surface area contributed by atoms with E-state index in [-0.39, 0.29) is 18.0 Å². The van der Waals surface area contributed by atoms with Crippen molar-refractivity contribution in [2.24, 2.45) is 0 Å². The summed E-state index contributed by atoms with van der Waals surface area (Å²) in [7, 11) is 0. The molecule has 26 heavy (non-hydrogen) atoms. The summed E-state index contributed by atoms with van der Waals surface area (Å²) in [5.74, 6) is -0.291. The van der Waals surface area contributed by atoms with Crippen molar-refractivity contribution in [2.45, 2.75) is 25.3 Å². The predicted octanol–water partition coefficient (Wildman–Crippen LogP) is 2.43. The second-order valence-electron chi connectivity index (χ2n) is 6.74. The number of nitrogens with zero attached hydrogens (tertiary/aromatic N) is 5. The third-order valence-corrected chi connectivity index (χ3v) is 5.09. The number of rotatable bonds is 3. The van der Waals surface area contributed by atoms with Crippen LogP contribution in [0.25, 0.3) is 11.3 Å². The Labute approximate surface area is 150 Å². The van der Waals surface area contributed by atoms with Crippen molar-refractivity contribution in [1.82, 2.24) is 24.9 Å². The molecule has 0 spiro atoms. The van der Waals surface area contributed by atoms with Crippen LogP contribution in [-0.4, -0.2) is 44.1 Å². The summed E-state index contributed by atoms with van der Waals surface area (Å²) in [6.07, 6.45) is 1.88. The van der Waals surface area contributed by atoms with Crippen LogP contribution >= 0.6 is 0 Å². The Kier molecular flexibility index (Phi) is 3.76. The van der Waals surface area contributed by atoms with Crippen molar-refractivity contribution >= 4 is 0 Å². The van der Waals surface area contributed by atoms with E-state index in [2.05, 4.69) is 20.2 Å². The van der Waals surface area contributed by atoms with Crippen molar-refractivity contribution < 1.29 is 9.13 Å². The number of likely N-dealkylation sites (tertiary alicyclic amines) is 1. The van der Waals surface area contributed by atoms with Crippen LogP contribution in [0, 0.1) is 5.82 Å². The largest absolute Gasteiger partial charge is 0.368 e. The van der Waals surface area contributed by atoms with E-state index >= 15 is 0 Å². The lowest BCUT2D eigenvalue weighted by Crippen LogP contribution is -2.32. The van der Waals surface area contributed by atoms with Crippen LogP contribution in [0.1, 0.15) is 17.4 Å². The van der Waals surface area contributed by atoms with E-state index in [1.54, 1.807) is 18.2 Å². The molecule has 0 saturated carbocycles. The number of aromatic nitrogens is 4. The lowest BCUT2D eigenvalue weighted by molar-refractivity contribution is -0.00496. The van der Waals surface area contributed by atoms with Gasteiger partial charge in [-0.05, 0) is 24.3 Å². The predicted molar refractivity (Wildman–Crippen MR) is 92.5 cm³/mol. The van der Waals surface area contributed by atoms with Gasteiger partial charge in [0, 0.05) is 31.4 Å². The van der Waals surface area contributed by atoms with E-state index < -0.39 is 0 Å². The summed E-state index contributed by atoms with van der Waals surface area (Å²) >= 11 is 0. The maximum absolute atomic E-state index is 14.2. The molecule has 3 aromatic rings. The second kappa shape index (κ2) is 6.26. The van der Waals surface area contributed by atoms with Gasteiger partial charge in [0.25, 0.3) is 0 Å². The van der Waals surface area contributed by atoms with E-state index in [0.717, 1.165) is 31.0 Å². The molecule has 0 bridgehead atoms. The fourth-order valence-corrected chi connectivity index (χ4v) is 3.84. The summed E-state index contributed by atoms with van der Waals surface area (Å²) in [6.45, 7) is 2.82. The van der Waals surface area contributed by atoms with E-state index in [1.807, 2.05) is 29.1 Å². The van der Waals surface area contributed by atoms with Crippen LogP contribution in [0.2, 0.25) is 0 Å². The maximum atomic E-state index is 14.2. The van der Waals surface area contributed by atoms with Gasteiger partial charge in [-0.25, -0.2) is 9.07 Å². The molecule has 2 aliphatic heterocycles. The van der Waals surface area contributed by atoms with E-state index in [0.29, 0.717) is 17.9 Å². The van der Waals surface area contributed by atoms with Crippen molar-refractivity contribution in [3.05, 3.63) is 65.9 Å². The van der Waals surface area contributed by atoms with Crippen LogP contribution in [-0.2, 0) is 17.9 Å². The molecular weight excluding hydrogens is 333 g/mol. The van der Waals surface area contributed by atoms with Crippen molar-refractivity contribution in [2.75, 3.05) is 13.1 Å². The van der Waals surface area contributed by atoms with E-state index in [1.165, 1.54) is 6.07 Å². The average Bonchev–Trinajstić information content (AvgIpc) is 3.26. The number of fused-ring (bicyclic) bond motifs is 3. The molecule has 6 nitrogen and oxygen atoms in total. The molecule has 7 heteroatoms. The third-order valence-electron chi connectivity index (χ3n) is 5.09. The highest BCUT2D eigenvalue weighted by atomic mass is 19.1. The summed E-state index contributed by atoms with van der Waals surface area (Å²) < 4.78 is 22.2. The van der Waals surface area contributed by atoms with Gasteiger partial charge >= 0.3 is 0 Å². The molecule has 132 valence electrons. The zero-order valence-corrected chi connectivity index (χ0v) is 14.1. The highest BCUT2D eigenvalue weighted by Gasteiger charge is 2.40. The quantitative estimate of drug-likeness (QED) is 0.725. The summed E-state index contributed by atoms with van der Waals surface area (Å²) in [4.78, 5) is 6.72. The number of halogens is 1.